The molecule has 1 aromatic carbocycles. The largest absolute Gasteiger partial charge is 0.367 e. The third-order valence-electron chi connectivity index (χ3n) is 4.48. The van der Waals surface area contributed by atoms with Gasteiger partial charge < -0.3 is 20.9 Å². The molecular formula is C16H23FN4O. The van der Waals surface area contributed by atoms with Crippen molar-refractivity contribution in [1.82, 2.24) is 10.2 Å². The Hall–Kier alpha value is -1.66. The molecule has 0 aromatic heterocycles. The molecule has 3 N–H and O–H groups in total. The van der Waals surface area contributed by atoms with Crippen molar-refractivity contribution >= 4 is 11.6 Å². The van der Waals surface area contributed by atoms with Gasteiger partial charge >= 0.3 is 0 Å². The van der Waals surface area contributed by atoms with Crippen LogP contribution < -0.4 is 16.0 Å². The van der Waals surface area contributed by atoms with E-state index in [1.807, 2.05) is 4.90 Å². The average Bonchev–Trinajstić information content (AvgIpc) is 2.55. The van der Waals surface area contributed by atoms with Crippen LogP contribution in [-0.4, -0.2) is 56.1 Å². The van der Waals surface area contributed by atoms with Crippen LogP contribution in [0, 0.1) is 5.82 Å². The maximum Gasteiger partial charge on any atom is 0.253 e. The van der Waals surface area contributed by atoms with Crippen molar-refractivity contribution in [3.63, 3.8) is 0 Å². The van der Waals surface area contributed by atoms with Gasteiger partial charge in [-0.3, -0.25) is 4.79 Å². The lowest BCUT2D eigenvalue weighted by Gasteiger charge is -2.31. The number of carbonyl (C=O) groups excluding carboxylic acids is 1. The Kier molecular flexibility index (Phi) is 4.59. The fourth-order valence-corrected chi connectivity index (χ4v) is 3.09. The number of rotatable bonds is 2. The number of piperazine rings is 1. The van der Waals surface area contributed by atoms with Gasteiger partial charge in [-0.2, -0.15) is 0 Å². The Bertz CT molecular complexity index is 537. The summed E-state index contributed by atoms with van der Waals surface area (Å²) >= 11 is 0. The van der Waals surface area contributed by atoms with Crippen molar-refractivity contribution in [2.75, 3.05) is 44.2 Å². The highest BCUT2D eigenvalue weighted by atomic mass is 19.1. The van der Waals surface area contributed by atoms with Crippen LogP contribution in [0.2, 0.25) is 0 Å². The molecule has 0 spiro atoms. The number of anilines is 1. The van der Waals surface area contributed by atoms with Crippen molar-refractivity contribution in [2.24, 2.45) is 5.73 Å². The lowest BCUT2D eigenvalue weighted by Crippen LogP contribution is -2.44. The first kappa shape index (κ1) is 15.2. The van der Waals surface area contributed by atoms with Crippen LogP contribution in [0.1, 0.15) is 23.2 Å². The third kappa shape index (κ3) is 3.23. The first-order chi connectivity index (χ1) is 10.6. The highest BCUT2D eigenvalue weighted by Gasteiger charge is 2.23. The molecule has 1 aromatic rings. The van der Waals surface area contributed by atoms with E-state index in [0.717, 1.165) is 39.0 Å². The van der Waals surface area contributed by atoms with E-state index in [4.69, 9.17) is 5.73 Å². The zero-order chi connectivity index (χ0) is 15.5. The Labute approximate surface area is 130 Å². The number of benzene rings is 1. The van der Waals surface area contributed by atoms with Crippen molar-refractivity contribution in [3.8, 4) is 0 Å². The monoisotopic (exact) mass is 306 g/mol. The second-order valence-electron chi connectivity index (χ2n) is 6.03. The Morgan fingerprint density at radius 1 is 1.18 bits per heavy atom. The van der Waals surface area contributed by atoms with E-state index >= 15 is 0 Å². The predicted octanol–water partition coefficient (Wildman–Crippen LogP) is 0.799. The van der Waals surface area contributed by atoms with Crippen LogP contribution in [0.4, 0.5) is 10.1 Å². The number of halogens is 1. The molecule has 2 aliphatic heterocycles. The van der Waals surface area contributed by atoms with Gasteiger partial charge in [0.2, 0.25) is 0 Å². The molecule has 2 heterocycles. The fraction of sp³-hybridized carbons (Fsp3) is 0.562. The number of nitrogens with zero attached hydrogens (tertiary/aromatic N) is 2. The minimum absolute atomic E-state index is 0.0994. The van der Waals surface area contributed by atoms with Crippen LogP contribution in [0.5, 0.6) is 0 Å². The minimum atomic E-state index is -0.318. The van der Waals surface area contributed by atoms with Crippen LogP contribution in [0.3, 0.4) is 0 Å². The number of hydrogen-bond donors (Lipinski definition) is 2. The summed E-state index contributed by atoms with van der Waals surface area (Å²) in [6.07, 6.45) is 1.63. The average molecular weight is 306 g/mol. The van der Waals surface area contributed by atoms with E-state index < -0.39 is 0 Å². The standard InChI is InChI=1S/C16H23FN4O/c17-14-11-12(16(22)21-7-3-13(18)4-8-21)1-2-15(14)20-9-5-19-6-10-20/h1-2,11,13,19H,3-10,18H2. The highest BCUT2D eigenvalue weighted by molar-refractivity contribution is 5.94. The van der Waals surface area contributed by atoms with E-state index in [2.05, 4.69) is 5.32 Å². The number of carbonyl (C=O) groups is 1. The second kappa shape index (κ2) is 6.62. The Morgan fingerprint density at radius 2 is 1.86 bits per heavy atom. The molecular weight excluding hydrogens is 283 g/mol. The summed E-state index contributed by atoms with van der Waals surface area (Å²) in [5.74, 6) is -0.417. The van der Waals surface area contributed by atoms with E-state index in [1.165, 1.54) is 6.07 Å². The molecule has 2 fully saturated rings. The highest BCUT2D eigenvalue weighted by Crippen LogP contribution is 2.22. The SMILES string of the molecule is NC1CCN(C(=O)c2ccc(N3CCNCC3)c(F)c2)CC1. The van der Waals surface area contributed by atoms with Gasteiger partial charge in [-0.25, -0.2) is 4.39 Å². The maximum absolute atomic E-state index is 14.4. The molecule has 6 heteroatoms. The predicted molar refractivity (Wildman–Crippen MR) is 84.6 cm³/mol. The fourth-order valence-electron chi connectivity index (χ4n) is 3.09. The maximum atomic E-state index is 14.4. The molecule has 2 aliphatic rings. The van der Waals surface area contributed by atoms with Gasteiger partial charge in [0.05, 0.1) is 5.69 Å². The van der Waals surface area contributed by atoms with Crippen LogP contribution in [0.25, 0.3) is 0 Å². The van der Waals surface area contributed by atoms with Crippen LogP contribution >= 0.6 is 0 Å². The normalized spacial score (nSPS) is 20.3. The smallest absolute Gasteiger partial charge is 0.253 e. The number of nitrogens with two attached hydrogens (primary N) is 1. The van der Waals surface area contributed by atoms with Crippen LogP contribution in [-0.2, 0) is 0 Å². The van der Waals surface area contributed by atoms with Gasteiger partial charge in [0, 0.05) is 50.9 Å². The lowest BCUT2D eigenvalue weighted by atomic mass is 10.0. The van der Waals surface area contributed by atoms with Crippen molar-refractivity contribution in [2.45, 2.75) is 18.9 Å². The van der Waals surface area contributed by atoms with Gasteiger partial charge in [0.15, 0.2) is 0 Å². The minimum Gasteiger partial charge on any atom is -0.367 e. The molecule has 5 nitrogen and oxygen atoms in total. The summed E-state index contributed by atoms with van der Waals surface area (Å²) in [5, 5.41) is 3.24. The summed E-state index contributed by atoms with van der Waals surface area (Å²) in [6.45, 7) is 4.59. The number of nitrogens with one attached hydrogen (secondary N) is 1. The van der Waals surface area contributed by atoms with Crippen molar-refractivity contribution in [1.29, 1.82) is 0 Å². The van der Waals surface area contributed by atoms with Crippen molar-refractivity contribution in [3.05, 3.63) is 29.6 Å². The molecule has 3 rings (SSSR count). The van der Waals surface area contributed by atoms with Gasteiger partial charge in [-0.1, -0.05) is 0 Å². The molecule has 120 valence electrons. The van der Waals surface area contributed by atoms with Gasteiger partial charge in [-0.05, 0) is 31.0 Å². The van der Waals surface area contributed by atoms with Gasteiger partial charge in [-0.15, -0.1) is 0 Å². The Morgan fingerprint density at radius 3 is 2.50 bits per heavy atom. The summed E-state index contributed by atoms with van der Waals surface area (Å²) in [4.78, 5) is 16.2. The molecule has 0 aliphatic carbocycles. The number of amides is 1. The topological polar surface area (TPSA) is 61.6 Å². The molecule has 1 amide bonds. The van der Waals surface area contributed by atoms with Crippen molar-refractivity contribution < 1.29 is 9.18 Å². The lowest BCUT2D eigenvalue weighted by molar-refractivity contribution is 0.0714. The quantitative estimate of drug-likeness (QED) is 0.848. The van der Waals surface area contributed by atoms with Gasteiger partial charge in [0.25, 0.3) is 5.91 Å². The zero-order valence-electron chi connectivity index (χ0n) is 12.7. The number of likely N-dealkylation sites (tertiary alicyclic amines) is 1. The zero-order valence-corrected chi connectivity index (χ0v) is 12.7. The number of hydrogen-bond acceptors (Lipinski definition) is 4. The summed E-state index contributed by atoms with van der Waals surface area (Å²) in [7, 11) is 0. The van der Waals surface area contributed by atoms with Gasteiger partial charge in [0.1, 0.15) is 5.82 Å². The molecule has 0 radical (unpaired) electrons. The molecule has 22 heavy (non-hydrogen) atoms. The van der Waals surface area contributed by atoms with E-state index in [9.17, 15) is 9.18 Å². The third-order valence-corrected chi connectivity index (χ3v) is 4.48. The summed E-state index contributed by atoms with van der Waals surface area (Å²) < 4.78 is 14.4. The first-order valence-corrected chi connectivity index (χ1v) is 7.95. The summed E-state index contributed by atoms with van der Waals surface area (Å²) in [5.41, 5.74) is 6.86. The number of piperidine rings is 1. The second-order valence-corrected chi connectivity index (χ2v) is 6.03. The summed E-state index contributed by atoms with van der Waals surface area (Å²) in [6, 6.07) is 5.01. The molecule has 0 unspecified atom stereocenters. The Balaban J connectivity index is 1.72. The first-order valence-electron chi connectivity index (χ1n) is 7.95. The molecule has 2 saturated heterocycles. The van der Waals surface area contributed by atoms with E-state index in [-0.39, 0.29) is 17.8 Å². The van der Waals surface area contributed by atoms with Crippen LogP contribution in [0.15, 0.2) is 18.2 Å². The van der Waals surface area contributed by atoms with E-state index in [1.54, 1.807) is 17.0 Å². The molecule has 0 atom stereocenters. The van der Waals surface area contributed by atoms with E-state index in [0.29, 0.717) is 24.3 Å². The molecule has 0 bridgehead atoms. The molecule has 0 saturated carbocycles.